The zero-order valence-electron chi connectivity index (χ0n) is 10.4. The number of rotatable bonds is 9. The Hall–Kier alpha value is -1.10. The van der Waals surface area contributed by atoms with Gasteiger partial charge in [0.15, 0.2) is 0 Å². The number of nitrogens with zero attached hydrogens (tertiary/aromatic N) is 1. The van der Waals surface area contributed by atoms with E-state index in [1.807, 2.05) is 4.90 Å². The van der Waals surface area contributed by atoms with E-state index in [1.165, 1.54) is 0 Å². The Kier molecular flexibility index (Phi) is 5.97. The SMILES string of the molecule is COCCN(C(=O)CCCCC(=O)O)C1CC1. The van der Waals surface area contributed by atoms with Crippen molar-refractivity contribution in [3.63, 3.8) is 0 Å². The number of aliphatic carboxylic acids is 1. The van der Waals surface area contributed by atoms with Crippen LogP contribution < -0.4 is 0 Å². The van der Waals surface area contributed by atoms with Crippen molar-refractivity contribution in [3.8, 4) is 0 Å². The van der Waals surface area contributed by atoms with Gasteiger partial charge in [0.1, 0.15) is 0 Å². The van der Waals surface area contributed by atoms with Crippen LogP contribution in [-0.2, 0) is 14.3 Å². The molecule has 1 rings (SSSR count). The van der Waals surface area contributed by atoms with Crippen molar-refractivity contribution >= 4 is 11.9 Å². The summed E-state index contributed by atoms with van der Waals surface area (Å²) in [6.45, 7) is 1.22. The number of unbranched alkanes of at least 4 members (excludes halogenated alkanes) is 1. The summed E-state index contributed by atoms with van der Waals surface area (Å²) in [7, 11) is 1.63. The fourth-order valence-corrected chi connectivity index (χ4v) is 1.78. The van der Waals surface area contributed by atoms with Crippen LogP contribution in [0, 0.1) is 0 Å². The second-order valence-electron chi connectivity index (χ2n) is 4.41. The van der Waals surface area contributed by atoms with Gasteiger partial charge in [0.25, 0.3) is 0 Å². The van der Waals surface area contributed by atoms with E-state index in [9.17, 15) is 9.59 Å². The highest BCUT2D eigenvalue weighted by Gasteiger charge is 2.31. The summed E-state index contributed by atoms with van der Waals surface area (Å²) in [6.07, 6.45) is 4.00. The molecule has 1 aliphatic rings. The van der Waals surface area contributed by atoms with Crippen LogP contribution >= 0.6 is 0 Å². The van der Waals surface area contributed by atoms with Gasteiger partial charge in [-0.05, 0) is 25.7 Å². The van der Waals surface area contributed by atoms with Gasteiger partial charge >= 0.3 is 5.97 Å². The molecule has 1 saturated carbocycles. The molecule has 0 aromatic carbocycles. The summed E-state index contributed by atoms with van der Waals surface area (Å²) in [4.78, 5) is 24.1. The first-order valence-corrected chi connectivity index (χ1v) is 6.15. The lowest BCUT2D eigenvalue weighted by atomic mass is 10.2. The molecule has 0 radical (unpaired) electrons. The van der Waals surface area contributed by atoms with Gasteiger partial charge in [-0.3, -0.25) is 9.59 Å². The molecule has 1 amide bonds. The number of hydrogen-bond acceptors (Lipinski definition) is 3. The average molecular weight is 243 g/mol. The summed E-state index contributed by atoms with van der Waals surface area (Å²) < 4.78 is 4.99. The molecule has 0 bridgehead atoms. The lowest BCUT2D eigenvalue weighted by Gasteiger charge is -2.21. The third kappa shape index (κ3) is 5.68. The summed E-state index contributed by atoms with van der Waals surface area (Å²) in [5.41, 5.74) is 0. The molecule has 0 aromatic heterocycles. The van der Waals surface area contributed by atoms with Crippen molar-refractivity contribution < 1.29 is 19.4 Å². The number of carbonyl (C=O) groups is 2. The van der Waals surface area contributed by atoms with Gasteiger partial charge in [-0.15, -0.1) is 0 Å². The Morgan fingerprint density at radius 3 is 2.47 bits per heavy atom. The molecule has 5 heteroatoms. The number of carbonyl (C=O) groups excluding carboxylic acids is 1. The number of amides is 1. The first-order valence-electron chi connectivity index (χ1n) is 6.15. The lowest BCUT2D eigenvalue weighted by Crippen LogP contribution is -2.35. The second-order valence-corrected chi connectivity index (χ2v) is 4.41. The fourth-order valence-electron chi connectivity index (χ4n) is 1.78. The summed E-state index contributed by atoms with van der Waals surface area (Å²) in [5, 5.41) is 8.49. The Bertz CT molecular complexity index is 263. The molecule has 0 heterocycles. The summed E-state index contributed by atoms with van der Waals surface area (Å²) in [6, 6.07) is 0.400. The van der Waals surface area contributed by atoms with Crippen LogP contribution in [0.4, 0.5) is 0 Å². The number of hydrogen-bond donors (Lipinski definition) is 1. The summed E-state index contributed by atoms with van der Waals surface area (Å²) in [5.74, 6) is -0.661. The molecule has 0 unspecified atom stereocenters. The van der Waals surface area contributed by atoms with E-state index in [1.54, 1.807) is 7.11 Å². The average Bonchev–Trinajstić information content (AvgIpc) is 3.09. The fraction of sp³-hybridized carbons (Fsp3) is 0.833. The quantitative estimate of drug-likeness (QED) is 0.619. The van der Waals surface area contributed by atoms with Crippen LogP contribution in [0.25, 0.3) is 0 Å². The van der Waals surface area contributed by atoms with Crippen LogP contribution in [0.5, 0.6) is 0 Å². The molecule has 0 atom stereocenters. The molecule has 1 aliphatic carbocycles. The van der Waals surface area contributed by atoms with Crippen LogP contribution in [-0.4, -0.2) is 48.2 Å². The Morgan fingerprint density at radius 1 is 1.29 bits per heavy atom. The van der Waals surface area contributed by atoms with Crippen LogP contribution in [0.15, 0.2) is 0 Å². The van der Waals surface area contributed by atoms with Gasteiger partial charge in [0.05, 0.1) is 6.61 Å². The van der Waals surface area contributed by atoms with Crippen molar-refractivity contribution in [2.75, 3.05) is 20.3 Å². The number of methoxy groups -OCH3 is 1. The van der Waals surface area contributed by atoms with Crippen LogP contribution in [0.3, 0.4) is 0 Å². The molecule has 0 aromatic rings. The van der Waals surface area contributed by atoms with E-state index in [2.05, 4.69) is 0 Å². The largest absolute Gasteiger partial charge is 0.481 e. The van der Waals surface area contributed by atoms with Gasteiger partial charge in [-0.1, -0.05) is 0 Å². The predicted molar refractivity (Wildman–Crippen MR) is 62.7 cm³/mol. The van der Waals surface area contributed by atoms with Crippen molar-refractivity contribution in [2.24, 2.45) is 0 Å². The third-order valence-electron chi connectivity index (χ3n) is 2.88. The Balaban J connectivity index is 2.20. The smallest absolute Gasteiger partial charge is 0.303 e. The highest BCUT2D eigenvalue weighted by Crippen LogP contribution is 2.27. The topological polar surface area (TPSA) is 66.8 Å². The van der Waals surface area contributed by atoms with Crippen molar-refractivity contribution in [1.82, 2.24) is 4.90 Å². The lowest BCUT2D eigenvalue weighted by molar-refractivity contribution is -0.137. The minimum Gasteiger partial charge on any atom is -0.481 e. The Morgan fingerprint density at radius 2 is 1.94 bits per heavy atom. The zero-order chi connectivity index (χ0) is 12.7. The Labute approximate surface area is 102 Å². The number of ether oxygens (including phenoxy) is 1. The van der Waals surface area contributed by atoms with Gasteiger partial charge in [0, 0.05) is 32.5 Å². The van der Waals surface area contributed by atoms with Crippen LogP contribution in [0.2, 0.25) is 0 Å². The minimum absolute atomic E-state index is 0.134. The van der Waals surface area contributed by atoms with Gasteiger partial charge in [0.2, 0.25) is 5.91 Å². The number of carboxylic acids is 1. The van der Waals surface area contributed by atoms with E-state index in [4.69, 9.17) is 9.84 Å². The maximum atomic E-state index is 11.9. The van der Waals surface area contributed by atoms with Crippen molar-refractivity contribution in [3.05, 3.63) is 0 Å². The van der Waals surface area contributed by atoms with E-state index >= 15 is 0 Å². The zero-order valence-corrected chi connectivity index (χ0v) is 10.4. The highest BCUT2D eigenvalue weighted by atomic mass is 16.5. The normalized spacial score (nSPS) is 14.6. The molecule has 98 valence electrons. The second kappa shape index (κ2) is 7.27. The van der Waals surface area contributed by atoms with Crippen LogP contribution in [0.1, 0.15) is 38.5 Å². The van der Waals surface area contributed by atoms with E-state index < -0.39 is 5.97 Å². The molecule has 0 aliphatic heterocycles. The molecule has 17 heavy (non-hydrogen) atoms. The van der Waals surface area contributed by atoms with Gasteiger partial charge < -0.3 is 14.7 Å². The standard InChI is InChI=1S/C12H21NO4/c1-17-9-8-13(10-6-7-10)11(14)4-2-3-5-12(15)16/h10H,2-9H2,1H3,(H,15,16). The minimum atomic E-state index is -0.795. The van der Waals surface area contributed by atoms with E-state index in [-0.39, 0.29) is 12.3 Å². The maximum Gasteiger partial charge on any atom is 0.303 e. The molecule has 5 nitrogen and oxygen atoms in total. The van der Waals surface area contributed by atoms with Crippen molar-refractivity contribution in [2.45, 2.75) is 44.6 Å². The highest BCUT2D eigenvalue weighted by molar-refractivity contribution is 5.77. The van der Waals surface area contributed by atoms with Gasteiger partial charge in [-0.25, -0.2) is 0 Å². The number of carboxylic acid groups (broad SMARTS) is 1. The van der Waals surface area contributed by atoms with Crippen molar-refractivity contribution in [1.29, 1.82) is 0 Å². The molecule has 0 saturated heterocycles. The van der Waals surface area contributed by atoms with Gasteiger partial charge in [-0.2, -0.15) is 0 Å². The first-order chi connectivity index (χ1) is 8.15. The first kappa shape index (κ1) is 14.0. The molecule has 1 N–H and O–H groups in total. The molecule has 1 fully saturated rings. The predicted octanol–water partition coefficient (Wildman–Crippen LogP) is 1.27. The summed E-state index contributed by atoms with van der Waals surface area (Å²) >= 11 is 0. The monoisotopic (exact) mass is 243 g/mol. The molecule has 0 spiro atoms. The maximum absolute atomic E-state index is 11.9. The van der Waals surface area contributed by atoms with E-state index in [0.29, 0.717) is 38.5 Å². The van der Waals surface area contributed by atoms with E-state index in [0.717, 1.165) is 12.8 Å². The molecular weight excluding hydrogens is 222 g/mol. The molecular formula is C12H21NO4. The third-order valence-corrected chi connectivity index (χ3v) is 2.88.